The molecule has 1 aromatic heterocycles. The molecule has 8 nitrogen and oxygen atoms in total. The lowest BCUT2D eigenvalue weighted by Crippen LogP contribution is -2.60. The summed E-state index contributed by atoms with van der Waals surface area (Å²) < 4.78 is 19.9. The largest absolute Gasteiger partial charge is 0.453 e. The van der Waals surface area contributed by atoms with Gasteiger partial charge in [0.1, 0.15) is 17.6 Å². The van der Waals surface area contributed by atoms with E-state index in [0.29, 0.717) is 17.5 Å². The average Bonchev–Trinajstić information content (AvgIpc) is 3.43. The van der Waals surface area contributed by atoms with Gasteiger partial charge < -0.3 is 24.8 Å². The van der Waals surface area contributed by atoms with Crippen molar-refractivity contribution in [2.45, 2.75) is 50.0 Å². The third kappa shape index (κ3) is 5.84. The van der Waals surface area contributed by atoms with Gasteiger partial charge in [0.2, 0.25) is 0 Å². The fourth-order valence-corrected chi connectivity index (χ4v) is 8.27. The Balaban J connectivity index is 1.17. The van der Waals surface area contributed by atoms with Gasteiger partial charge in [0.05, 0.1) is 19.0 Å². The number of hydrogen-bond acceptors (Lipinski definition) is 7. The highest BCUT2D eigenvalue weighted by atomic mass is 19.1. The second kappa shape index (κ2) is 12.6. The number of alkyl carbamates (subject to hydrolysis) is 1. The van der Waals surface area contributed by atoms with Crippen molar-refractivity contribution >= 4 is 11.8 Å². The first-order valence-corrected chi connectivity index (χ1v) is 15.6. The van der Waals surface area contributed by atoms with Crippen LogP contribution < -0.4 is 10.2 Å². The van der Waals surface area contributed by atoms with Crippen molar-refractivity contribution < 1.29 is 13.9 Å². The number of rotatable bonds is 9. The molecule has 0 radical (unpaired) electrons. The molecule has 1 amide bonds. The number of carbonyl (C=O) groups excluding carboxylic acids is 1. The number of nitriles is 1. The van der Waals surface area contributed by atoms with Crippen LogP contribution in [0.25, 0.3) is 0 Å². The maximum atomic E-state index is 14.9. The molecular formula is C33H43FN6O2. The van der Waals surface area contributed by atoms with E-state index in [-0.39, 0.29) is 29.3 Å². The molecule has 42 heavy (non-hydrogen) atoms. The van der Waals surface area contributed by atoms with E-state index in [1.807, 2.05) is 12.1 Å². The standard InChI is InChI=1S/C33H43FN6O2/c1-42-32(41)37-31-8-3-7-30(31)33(23-39-13-4-14-39,26-5-2-6-27(34)17-26)25-11-15-38(16-12-25)20-24-21-40(22-24)29-10-9-28(18-35)36-19-29/h2,5-6,9-10,17,19,24-25,30-31H,3-4,7-8,11-16,20-23H2,1H3,(H,37,41)/t30-,31-,33?/m0/s1. The zero-order valence-electron chi connectivity index (χ0n) is 24.7. The molecule has 1 aliphatic carbocycles. The van der Waals surface area contributed by atoms with Gasteiger partial charge in [-0.15, -0.1) is 0 Å². The lowest BCUT2D eigenvalue weighted by atomic mass is 9.57. The van der Waals surface area contributed by atoms with Crippen LogP contribution in [0.3, 0.4) is 0 Å². The highest BCUT2D eigenvalue weighted by molar-refractivity contribution is 5.67. The SMILES string of the molecule is COC(=O)N[C@H]1CCC[C@@H]1C(CN1CCC1)(c1cccc(F)c1)C1CCN(CC2CN(c3ccc(C#N)nc3)C2)CC1. The maximum Gasteiger partial charge on any atom is 0.407 e. The van der Waals surface area contributed by atoms with E-state index >= 15 is 0 Å². The number of nitrogens with one attached hydrogen (secondary N) is 1. The number of piperidine rings is 1. The summed E-state index contributed by atoms with van der Waals surface area (Å²) in [6.07, 6.45) is 7.80. The number of likely N-dealkylation sites (tertiary alicyclic amines) is 2. The molecule has 9 heteroatoms. The van der Waals surface area contributed by atoms with Gasteiger partial charge in [-0.3, -0.25) is 0 Å². The number of carbonyl (C=O) groups is 1. The number of amides is 1. The smallest absolute Gasteiger partial charge is 0.407 e. The summed E-state index contributed by atoms with van der Waals surface area (Å²) in [5, 5.41) is 12.2. The van der Waals surface area contributed by atoms with Crippen LogP contribution >= 0.6 is 0 Å². The first kappa shape index (κ1) is 28.9. The predicted octanol–water partition coefficient (Wildman–Crippen LogP) is 4.41. The molecule has 2 aromatic rings. The van der Waals surface area contributed by atoms with Gasteiger partial charge in [-0.1, -0.05) is 18.6 Å². The van der Waals surface area contributed by atoms with E-state index in [1.54, 1.807) is 24.4 Å². The van der Waals surface area contributed by atoms with Gasteiger partial charge in [-0.2, -0.15) is 5.26 Å². The Morgan fingerprint density at radius 3 is 2.55 bits per heavy atom. The molecule has 1 unspecified atom stereocenters. The Morgan fingerprint density at radius 1 is 1.10 bits per heavy atom. The number of aromatic nitrogens is 1. The second-order valence-electron chi connectivity index (χ2n) is 12.8. The summed E-state index contributed by atoms with van der Waals surface area (Å²) in [7, 11) is 1.43. The average molecular weight is 575 g/mol. The van der Waals surface area contributed by atoms with Crippen LogP contribution in [-0.4, -0.2) is 86.4 Å². The molecule has 3 atom stereocenters. The summed E-state index contributed by atoms with van der Waals surface area (Å²) in [5.41, 5.74) is 2.41. The van der Waals surface area contributed by atoms with E-state index in [0.717, 1.165) is 95.7 Å². The van der Waals surface area contributed by atoms with Gasteiger partial charge in [0, 0.05) is 43.6 Å². The highest BCUT2D eigenvalue weighted by Gasteiger charge is 2.53. The summed E-state index contributed by atoms with van der Waals surface area (Å²) in [5.74, 6) is 1.08. The van der Waals surface area contributed by atoms with Gasteiger partial charge in [0.25, 0.3) is 0 Å². The highest BCUT2D eigenvalue weighted by Crippen LogP contribution is 2.51. The lowest BCUT2D eigenvalue weighted by molar-refractivity contribution is 0.0223. The van der Waals surface area contributed by atoms with Crippen molar-refractivity contribution in [2.24, 2.45) is 17.8 Å². The minimum absolute atomic E-state index is 0.0256. The predicted molar refractivity (Wildman–Crippen MR) is 160 cm³/mol. The van der Waals surface area contributed by atoms with E-state index in [2.05, 4.69) is 37.1 Å². The van der Waals surface area contributed by atoms with Gasteiger partial charge in [0.15, 0.2) is 0 Å². The normalized spacial score (nSPS) is 25.2. The van der Waals surface area contributed by atoms with Crippen LogP contribution in [0.4, 0.5) is 14.9 Å². The van der Waals surface area contributed by atoms with Crippen LogP contribution in [-0.2, 0) is 10.2 Å². The zero-order chi connectivity index (χ0) is 29.1. The topological polar surface area (TPSA) is 84.7 Å². The quantitative estimate of drug-likeness (QED) is 0.475. The molecule has 3 aliphatic heterocycles. The third-order valence-electron chi connectivity index (χ3n) is 10.5. The Labute approximate surface area is 248 Å². The molecule has 4 aliphatic rings. The Bertz CT molecular complexity index is 1270. The van der Waals surface area contributed by atoms with Gasteiger partial charge in [-0.05, 0) is 99.9 Å². The minimum Gasteiger partial charge on any atom is -0.453 e. The maximum absolute atomic E-state index is 14.9. The molecule has 0 spiro atoms. The zero-order valence-corrected chi connectivity index (χ0v) is 24.7. The summed E-state index contributed by atoms with van der Waals surface area (Å²) in [4.78, 5) is 24.1. The molecule has 3 saturated heterocycles. The van der Waals surface area contributed by atoms with E-state index in [1.165, 1.54) is 13.5 Å². The summed E-state index contributed by atoms with van der Waals surface area (Å²) >= 11 is 0. The monoisotopic (exact) mass is 574 g/mol. The van der Waals surface area contributed by atoms with Crippen LogP contribution in [0.5, 0.6) is 0 Å². The first-order chi connectivity index (χ1) is 20.5. The third-order valence-corrected chi connectivity index (χ3v) is 10.5. The Morgan fingerprint density at radius 2 is 1.90 bits per heavy atom. The fraction of sp³-hybridized carbons (Fsp3) is 0.606. The van der Waals surface area contributed by atoms with Crippen LogP contribution in [0, 0.1) is 34.9 Å². The van der Waals surface area contributed by atoms with Gasteiger partial charge >= 0.3 is 6.09 Å². The molecule has 4 heterocycles. The molecular weight excluding hydrogens is 531 g/mol. The summed E-state index contributed by atoms with van der Waals surface area (Å²) in [6.45, 7) is 8.28. The summed E-state index contributed by atoms with van der Waals surface area (Å²) in [6, 6.07) is 13.2. The minimum atomic E-state index is -0.370. The number of pyridine rings is 1. The van der Waals surface area contributed by atoms with Crippen molar-refractivity contribution in [3.63, 3.8) is 0 Å². The number of nitrogens with zero attached hydrogens (tertiary/aromatic N) is 5. The van der Waals surface area contributed by atoms with Gasteiger partial charge in [-0.25, -0.2) is 14.2 Å². The van der Waals surface area contributed by atoms with Crippen molar-refractivity contribution in [3.8, 4) is 6.07 Å². The van der Waals surface area contributed by atoms with Crippen molar-refractivity contribution in [1.29, 1.82) is 5.26 Å². The molecule has 6 rings (SSSR count). The molecule has 1 saturated carbocycles. The first-order valence-electron chi connectivity index (χ1n) is 15.6. The van der Waals surface area contributed by atoms with Crippen molar-refractivity contribution in [1.82, 2.24) is 20.1 Å². The van der Waals surface area contributed by atoms with E-state index < -0.39 is 0 Å². The molecule has 4 fully saturated rings. The van der Waals surface area contributed by atoms with Crippen molar-refractivity contribution in [3.05, 3.63) is 59.7 Å². The second-order valence-corrected chi connectivity index (χ2v) is 12.8. The number of anilines is 1. The Kier molecular flexibility index (Phi) is 8.64. The van der Waals surface area contributed by atoms with Crippen LogP contribution in [0.2, 0.25) is 0 Å². The Hall–Kier alpha value is -3.22. The molecule has 1 N–H and O–H groups in total. The fourth-order valence-electron chi connectivity index (χ4n) is 8.27. The van der Waals surface area contributed by atoms with Crippen LogP contribution in [0.15, 0.2) is 42.6 Å². The number of ether oxygens (including phenoxy) is 1. The van der Waals surface area contributed by atoms with Crippen LogP contribution in [0.1, 0.15) is 49.8 Å². The van der Waals surface area contributed by atoms with E-state index in [4.69, 9.17) is 10.00 Å². The molecule has 224 valence electrons. The number of methoxy groups -OCH3 is 1. The molecule has 1 aromatic carbocycles. The number of hydrogen-bond donors (Lipinski definition) is 1. The lowest BCUT2D eigenvalue weighted by Gasteiger charge is -2.54. The number of benzene rings is 1. The number of halogens is 1. The van der Waals surface area contributed by atoms with E-state index in [9.17, 15) is 9.18 Å². The van der Waals surface area contributed by atoms with Crippen molar-refractivity contribution in [2.75, 3.05) is 64.4 Å². The molecule has 0 bridgehead atoms.